The topological polar surface area (TPSA) is 57.8 Å². The van der Waals surface area contributed by atoms with Crippen LogP contribution in [0.15, 0.2) is 24.3 Å². The van der Waals surface area contributed by atoms with Crippen LogP contribution in [-0.2, 0) is 5.41 Å². The summed E-state index contributed by atoms with van der Waals surface area (Å²) in [5.74, 6) is 0.302. The van der Waals surface area contributed by atoms with Crippen molar-refractivity contribution in [2.45, 2.75) is 33.1 Å². The summed E-state index contributed by atoms with van der Waals surface area (Å²) in [6.07, 6.45) is 0. The van der Waals surface area contributed by atoms with Crippen molar-refractivity contribution in [3.8, 4) is 0 Å². The number of rotatable bonds is 2. The summed E-state index contributed by atoms with van der Waals surface area (Å²) in [6.45, 7) is 8.05. The molecule has 0 unspecified atom stereocenters. The Bertz CT molecular complexity index is 641. The first-order valence-corrected chi connectivity index (χ1v) is 6.79. The molecule has 0 spiro atoms. The minimum atomic E-state index is -0.211. The molecule has 0 radical (unpaired) electrons. The van der Waals surface area contributed by atoms with Gasteiger partial charge in [-0.25, -0.2) is 0 Å². The molecule has 1 aromatic carbocycles. The monoisotopic (exact) mass is 291 g/mol. The van der Waals surface area contributed by atoms with Crippen molar-refractivity contribution in [1.29, 1.82) is 0 Å². The van der Waals surface area contributed by atoms with Gasteiger partial charge < -0.3 is 5.32 Å². The van der Waals surface area contributed by atoms with Crippen LogP contribution in [0, 0.1) is 6.92 Å². The number of H-pyrrole nitrogens is 1. The van der Waals surface area contributed by atoms with Crippen molar-refractivity contribution in [2.75, 3.05) is 5.32 Å². The predicted octanol–water partition coefficient (Wildman–Crippen LogP) is 3.92. The first kappa shape index (κ1) is 14.6. The van der Waals surface area contributed by atoms with Gasteiger partial charge in [-0.1, -0.05) is 38.4 Å². The minimum Gasteiger partial charge on any atom is -0.305 e. The summed E-state index contributed by atoms with van der Waals surface area (Å²) >= 11 is 6.02. The summed E-state index contributed by atoms with van der Waals surface area (Å²) < 4.78 is 0. The molecule has 0 aliphatic carbocycles. The normalized spacial score (nSPS) is 11.4. The standard InChI is InChI=1S/C15H18ClN3O/c1-9-10(6-5-7-11(9)16)14(20)17-13-8-12(18-19-13)15(2,3)4/h5-8H,1-4H3,(H2,17,18,19,20). The van der Waals surface area contributed by atoms with Crippen molar-refractivity contribution >= 4 is 23.3 Å². The number of hydrogen-bond acceptors (Lipinski definition) is 2. The number of nitrogens with zero attached hydrogens (tertiary/aromatic N) is 1. The maximum atomic E-state index is 12.2. The molecule has 2 N–H and O–H groups in total. The molecule has 0 fully saturated rings. The van der Waals surface area contributed by atoms with Crippen LogP contribution in [0.4, 0.5) is 5.82 Å². The number of aromatic nitrogens is 2. The van der Waals surface area contributed by atoms with E-state index in [1.807, 2.05) is 13.0 Å². The summed E-state index contributed by atoms with van der Waals surface area (Å²) in [5.41, 5.74) is 2.24. The van der Waals surface area contributed by atoms with E-state index in [9.17, 15) is 4.79 Å². The van der Waals surface area contributed by atoms with Crippen molar-refractivity contribution in [1.82, 2.24) is 10.2 Å². The number of amides is 1. The number of halogens is 1. The van der Waals surface area contributed by atoms with Gasteiger partial charge in [-0.3, -0.25) is 9.89 Å². The second kappa shape index (κ2) is 5.29. The molecule has 20 heavy (non-hydrogen) atoms. The van der Waals surface area contributed by atoms with Crippen LogP contribution in [-0.4, -0.2) is 16.1 Å². The Kier molecular flexibility index (Phi) is 3.86. The largest absolute Gasteiger partial charge is 0.305 e. The van der Waals surface area contributed by atoms with Gasteiger partial charge in [-0.2, -0.15) is 5.10 Å². The zero-order valence-electron chi connectivity index (χ0n) is 12.0. The molecule has 2 rings (SSSR count). The summed E-state index contributed by atoms with van der Waals surface area (Å²) in [5, 5.41) is 10.4. The Hall–Kier alpha value is -1.81. The average Bonchev–Trinajstić information content (AvgIpc) is 2.81. The van der Waals surface area contributed by atoms with Crippen molar-refractivity contribution in [3.05, 3.63) is 46.1 Å². The summed E-state index contributed by atoms with van der Waals surface area (Å²) in [4.78, 5) is 12.2. The lowest BCUT2D eigenvalue weighted by atomic mass is 9.92. The second-order valence-corrected chi connectivity index (χ2v) is 6.19. The molecule has 1 amide bonds. The lowest BCUT2D eigenvalue weighted by Gasteiger charge is -2.14. The Morgan fingerprint density at radius 2 is 2.05 bits per heavy atom. The number of carbonyl (C=O) groups excluding carboxylic acids is 1. The fourth-order valence-electron chi connectivity index (χ4n) is 1.81. The number of benzene rings is 1. The van der Waals surface area contributed by atoms with Crippen LogP contribution in [0.3, 0.4) is 0 Å². The van der Waals surface area contributed by atoms with E-state index in [1.165, 1.54) is 0 Å². The third-order valence-corrected chi connectivity index (χ3v) is 3.55. The number of hydrogen-bond donors (Lipinski definition) is 2. The predicted molar refractivity (Wildman–Crippen MR) is 81.4 cm³/mol. The van der Waals surface area contributed by atoms with Gasteiger partial charge in [0.15, 0.2) is 5.82 Å². The van der Waals surface area contributed by atoms with E-state index in [0.717, 1.165) is 11.3 Å². The van der Waals surface area contributed by atoms with E-state index >= 15 is 0 Å². The molecule has 2 aromatic rings. The van der Waals surface area contributed by atoms with E-state index in [0.29, 0.717) is 16.4 Å². The van der Waals surface area contributed by atoms with Gasteiger partial charge >= 0.3 is 0 Å². The van der Waals surface area contributed by atoms with Crippen molar-refractivity contribution < 1.29 is 4.79 Å². The highest BCUT2D eigenvalue weighted by molar-refractivity contribution is 6.32. The van der Waals surface area contributed by atoms with Gasteiger partial charge in [-0.05, 0) is 24.6 Å². The van der Waals surface area contributed by atoms with Crippen LogP contribution < -0.4 is 5.32 Å². The van der Waals surface area contributed by atoms with Gasteiger partial charge in [0.1, 0.15) is 0 Å². The Balaban J connectivity index is 2.20. The summed E-state index contributed by atoms with van der Waals surface area (Å²) in [6, 6.07) is 7.11. The Morgan fingerprint density at radius 1 is 1.35 bits per heavy atom. The van der Waals surface area contributed by atoms with E-state index in [2.05, 4.69) is 36.3 Å². The molecule has 5 heteroatoms. The molecule has 0 bridgehead atoms. The molecule has 106 valence electrons. The highest BCUT2D eigenvalue weighted by Gasteiger charge is 2.18. The van der Waals surface area contributed by atoms with E-state index in [1.54, 1.807) is 18.2 Å². The first-order chi connectivity index (χ1) is 9.29. The maximum Gasteiger partial charge on any atom is 0.257 e. The van der Waals surface area contributed by atoms with E-state index < -0.39 is 0 Å². The number of anilines is 1. The lowest BCUT2D eigenvalue weighted by Crippen LogP contribution is -2.14. The van der Waals surface area contributed by atoms with Crippen LogP contribution in [0.2, 0.25) is 5.02 Å². The van der Waals surface area contributed by atoms with Gasteiger partial charge in [0.05, 0.1) is 0 Å². The molecule has 0 saturated heterocycles. The quantitative estimate of drug-likeness (QED) is 0.881. The molecule has 0 saturated carbocycles. The molecule has 0 aliphatic heterocycles. The number of carbonyl (C=O) groups is 1. The van der Waals surface area contributed by atoms with Gasteiger partial charge in [0.25, 0.3) is 5.91 Å². The summed E-state index contributed by atoms with van der Waals surface area (Å²) in [7, 11) is 0. The lowest BCUT2D eigenvalue weighted by molar-refractivity contribution is 0.102. The second-order valence-electron chi connectivity index (χ2n) is 5.78. The molecule has 0 atom stereocenters. The SMILES string of the molecule is Cc1c(Cl)cccc1C(=O)Nc1cc(C(C)(C)C)[nH]n1. The van der Waals surface area contributed by atoms with Crippen LogP contribution in [0.5, 0.6) is 0 Å². The highest BCUT2D eigenvalue weighted by Crippen LogP contribution is 2.23. The highest BCUT2D eigenvalue weighted by atomic mass is 35.5. The zero-order valence-corrected chi connectivity index (χ0v) is 12.8. The van der Waals surface area contributed by atoms with Gasteiger partial charge in [0.2, 0.25) is 0 Å². The smallest absolute Gasteiger partial charge is 0.257 e. The molecule has 1 heterocycles. The van der Waals surface area contributed by atoms with E-state index in [4.69, 9.17) is 11.6 Å². The minimum absolute atomic E-state index is 0.0397. The van der Waals surface area contributed by atoms with Crippen molar-refractivity contribution in [2.24, 2.45) is 0 Å². The molecule has 4 nitrogen and oxygen atoms in total. The van der Waals surface area contributed by atoms with Gasteiger partial charge in [0, 0.05) is 27.8 Å². The van der Waals surface area contributed by atoms with Crippen LogP contribution in [0.25, 0.3) is 0 Å². The molecular formula is C15H18ClN3O. The van der Waals surface area contributed by atoms with Gasteiger partial charge in [-0.15, -0.1) is 0 Å². The van der Waals surface area contributed by atoms with Crippen LogP contribution in [0.1, 0.15) is 42.4 Å². The average molecular weight is 292 g/mol. The maximum absolute atomic E-state index is 12.2. The molecular weight excluding hydrogens is 274 g/mol. The fraction of sp³-hybridized carbons (Fsp3) is 0.333. The van der Waals surface area contributed by atoms with Crippen molar-refractivity contribution in [3.63, 3.8) is 0 Å². The Labute approximate surface area is 123 Å². The number of nitrogens with one attached hydrogen (secondary N) is 2. The van der Waals surface area contributed by atoms with Crippen LogP contribution >= 0.6 is 11.6 Å². The third-order valence-electron chi connectivity index (χ3n) is 3.14. The van der Waals surface area contributed by atoms with E-state index in [-0.39, 0.29) is 11.3 Å². The molecule has 1 aromatic heterocycles. The fourth-order valence-corrected chi connectivity index (χ4v) is 1.98. The molecule has 0 aliphatic rings. The first-order valence-electron chi connectivity index (χ1n) is 6.41. The zero-order chi connectivity index (χ0) is 14.9. The number of aromatic amines is 1. The Morgan fingerprint density at radius 3 is 2.65 bits per heavy atom. The third kappa shape index (κ3) is 3.02.